The maximum atomic E-state index is 13.2. The van der Waals surface area contributed by atoms with E-state index in [2.05, 4.69) is 72.8 Å². The molecule has 632 valence electrons. The van der Waals surface area contributed by atoms with Crippen LogP contribution in [0.2, 0.25) is 0 Å². The summed E-state index contributed by atoms with van der Waals surface area (Å²) in [5.41, 5.74) is 0. The van der Waals surface area contributed by atoms with Crippen molar-refractivity contribution in [1.82, 2.24) is 0 Å². The van der Waals surface area contributed by atoms with Gasteiger partial charge in [0, 0.05) is 25.7 Å². The summed E-state index contributed by atoms with van der Waals surface area (Å²) in [4.78, 5) is 73.3. The zero-order valence-corrected chi connectivity index (χ0v) is 71.9. The van der Waals surface area contributed by atoms with Crippen LogP contribution in [0.1, 0.15) is 440 Å². The lowest BCUT2D eigenvalue weighted by Gasteiger charge is -2.21. The first-order valence-corrected chi connectivity index (χ1v) is 47.8. The molecular weight excluding hydrogens is 1390 g/mol. The van der Waals surface area contributed by atoms with Crippen molar-refractivity contribution in [2.75, 3.05) is 39.6 Å². The van der Waals surface area contributed by atoms with Crippen LogP contribution in [0.5, 0.6) is 0 Å². The Morgan fingerprint density at radius 3 is 0.785 bits per heavy atom. The molecule has 0 radical (unpaired) electrons. The number of allylic oxidation sites excluding steroid dienone is 4. The van der Waals surface area contributed by atoms with Crippen LogP contribution in [-0.4, -0.2) is 96.7 Å². The Bertz CT molecular complexity index is 2160. The molecule has 0 aliphatic heterocycles. The smallest absolute Gasteiger partial charge is 0.462 e. The normalized spacial score (nSPS) is 14.7. The molecule has 0 amide bonds. The van der Waals surface area contributed by atoms with Crippen LogP contribution in [0.15, 0.2) is 24.3 Å². The van der Waals surface area contributed by atoms with Gasteiger partial charge in [-0.05, 0) is 69.1 Å². The Labute approximate surface area is 656 Å². The number of rotatable bonds is 84. The fourth-order valence-corrected chi connectivity index (χ4v) is 14.7. The van der Waals surface area contributed by atoms with Gasteiger partial charge in [-0.1, -0.05) is 387 Å². The molecule has 5 unspecified atom stereocenters. The van der Waals surface area contributed by atoms with Crippen molar-refractivity contribution in [1.29, 1.82) is 0 Å². The van der Waals surface area contributed by atoms with Crippen LogP contribution >= 0.6 is 15.6 Å². The van der Waals surface area contributed by atoms with Crippen LogP contribution in [0.3, 0.4) is 0 Å². The topological polar surface area (TPSA) is 237 Å². The highest BCUT2D eigenvalue weighted by atomic mass is 31.2. The number of carbonyl (C=O) groups is 4. The molecular formula is C88H168O17P2. The second kappa shape index (κ2) is 77.5. The van der Waals surface area contributed by atoms with Crippen molar-refractivity contribution in [3.8, 4) is 0 Å². The average Bonchev–Trinajstić information content (AvgIpc) is 0.899. The second-order valence-corrected chi connectivity index (χ2v) is 34.6. The second-order valence-electron chi connectivity index (χ2n) is 31.7. The molecule has 0 fully saturated rings. The summed E-state index contributed by atoms with van der Waals surface area (Å²) in [6.07, 6.45) is 71.5. The summed E-state index contributed by atoms with van der Waals surface area (Å²) >= 11 is 0. The zero-order valence-electron chi connectivity index (χ0n) is 70.1. The van der Waals surface area contributed by atoms with Gasteiger partial charge in [0.25, 0.3) is 0 Å². The lowest BCUT2D eigenvalue weighted by Crippen LogP contribution is -2.30. The Morgan fingerprint density at radius 2 is 0.523 bits per heavy atom. The Morgan fingerprint density at radius 1 is 0.299 bits per heavy atom. The number of hydrogen-bond acceptors (Lipinski definition) is 15. The monoisotopic (exact) mass is 1560 g/mol. The zero-order chi connectivity index (χ0) is 78.6. The molecule has 0 spiro atoms. The lowest BCUT2D eigenvalue weighted by molar-refractivity contribution is -0.161. The molecule has 19 heteroatoms. The Kier molecular flexibility index (Phi) is 75.7. The molecule has 0 saturated carbocycles. The maximum absolute atomic E-state index is 13.2. The van der Waals surface area contributed by atoms with Gasteiger partial charge >= 0.3 is 39.5 Å². The van der Waals surface area contributed by atoms with E-state index in [1.54, 1.807) is 0 Å². The van der Waals surface area contributed by atoms with E-state index in [9.17, 15) is 43.2 Å². The fraction of sp³-hybridized carbons (Fsp3) is 0.909. The quantitative estimate of drug-likeness (QED) is 0.0169. The Balaban J connectivity index is 5.28. The average molecular weight is 1560 g/mol. The van der Waals surface area contributed by atoms with Crippen molar-refractivity contribution in [2.45, 2.75) is 458 Å². The van der Waals surface area contributed by atoms with E-state index in [0.717, 1.165) is 120 Å². The number of aliphatic hydroxyl groups is 1. The van der Waals surface area contributed by atoms with E-state index in [1.165, 1.54) is 238 Å². The minimum Gasteiger partial charge on any atom is -0.462 e. The largest absolute Gasteiger partial charge is 0.472 e. The molecule has 0 aromatic heterocycles. The molecule has 0 rings (SSSR count). The highest BCUT2D eigenvalue weighted by Gasteiger charge is 2.31. The van der Waals surface area contributed by atoms with Gasteiger partial charge in [0.1, 0.15) is 19.3 Å². The van der Waals surface area contributed by atoms with E-state index >= 15 is 0 Å². The van der Waals surface area contributed by atoms with Gasteiger partial charge < -0.3 is 33.8 Å². The molecule has 0 aromatic carbocycles. The predicted molar refractivity (Wildman–Crippen MR) is 441 cm³/mol. The molecule has 0 aliphatic rings. The minimum atomic E-state index is -4.97. The van der Waals surface area contributed by atoms with Crippen molar-refractivity contribution < 1.29 is 80.2 Å². The standard InChI is InChI=1S/C88H168O17P2/c1-8-12-13-14-15-16-17-18-23-31-36-41-50-57-64-71-88(93)105-84(76-99-86(91)70-63-56-49-44-43-47-54-61-68-81(7)11-4)78-103-107(96,97)101-74-82(89)73-100-106(94,95)102-77-83(75-98-85(90)69-62-55-48-40-35-30-27-26-29-34-39-46-53-60-67-80(6)10-3)104-87(92)72-65-58-51-42-37-32-25-22-20-19-21-24-28-33-38-45-52-59-66-79(5)9-2/h16-18,23,79-84,89H,8-15,19-22,24-78H2,1-7H3,(H,94,95)(H,96,97)/b17-16-,23-18-/t79?,80?,81?,82-,83-,84-/m1/s1. The number of ether oxygens (including phenoxy) is 4. The summed E-state index contributed by atoms with van der Waals surface area (Å²) in [5, 5.41) is 10.7. The van der Waals surface area contributed by atoms with E-state index in [-0.39, 0.29) is 25.7 Å². The molecule has 3 N–H and O–H groups in total. The molecule has 0 heterocycles. The third-order valence-corrected chi connectivity index (χ3v) is 23.0. The number of hydrogen-bond donors (Lipinski definition) is 3. The van der Waals surface area contributed by atoms with Crippen LogP contribution in [0.25, 0.3) is 0 Å². The molecule has 0 bridgehead atoms. The first-order chi connectivity index (χ1) is 51.8. The molecule has 8 atom stereocenters. The predicted octanol–water partition coefficient (Wildman–Crippen LogP) is 26.4. The van der Waals surface area contributed by atoms with Gasteiger partial charge in [0.2, 0.25) is 0 Å². The summed E-state index contributed by atoms with van der Waals surface area (Å²) in [7, 11) is -9.95. The van der Waals surface area contributed by atoms with E-state index < -0.39 is 97.5 Å². The van der Waals surface area contributed by atoms with Crippen molar-refractivity contribution in [2.24, 2.45) is 17.8 Å². The summed E-state index contributed by atoms with van der Waals surface area (Å²) in [6.45, 7) is 12.0. The van der Waals surface area contributed by atoms with Gasteiger partial charge in [-0.3, -0.25) is 37.3 Å². The van der Waals surface area contributed by atoms with E-state index in [0.29, 0.717) is 25.7 Å². The number of phosphoric acid groups is 2. The number of esters is 4. The SMILES string of the molecule is CCCCCC/C=C\C=C/CCCCCCCC(=O)O[C@H](COC(=O)CCCCCCCCCCC(C)CC)COP(=O)(O)OC[C@H](O)COP(=O)(O)OC[C@@H](COC(=O)CCCCCCCCCCCCCCCCC(C)CC)OC(=O)CCCCCCCCCCCCCCCCCCCCC(C)CC. The molecule has 0 aliphatic carbocycles. The maximum Gasteiger partial charge on any atom is 0.472 e. The van der Waals surface area contributed by atoms with Gasteiger partial charge in [-0.15, -0.1) is 0 Å². The van der Waals surface area contributed by atoms with Crippen LogP contribution < -0.4 is 0 Å². The van der Waals surface area contributed by atoms with Gasteiger partial charge in [0.05, 0.1) is 26.4 Å². The van der Waals surface area contributed by atoms with Gasteiger partial charge in [-0.25, -0.2) is 9.13 Å². The van der Waals surface area contributed by atoms with E-state index in [1.807, 2.05) is 0 Å². The number of carbonyl (C=O) groups excluding carboxylic acids is 4. The van der Waals surface area contributed by atoms with Crippen LogP contribution in [0.4, 0.5) is 0 Å². The van der Waals surface area contributed by atoms with Crippen LogP contribution in [0, 0.1) is 17.8 Å². The van der Waals surface area contributed by atoms with Crippen LogP contribution in [-0.2, 0) is 65.4 Å². The highest BCUT2D eigenvalue weighted by molar-refractivity contribution is 7.47. The fourth-order valence-electron chi connectivity index (χ4n) is 13.1. The number of unbranched alkanes of at least 4 members (excludes halogenated alkanes) is 46. The van der Waals surface area contributed by atoms with Gasteiger partial charge in [0.15, 0.2) is 12.2 Å². The number of aliphatic hydroxyl groups excluding tert-OH is 1. The first kappa shape index (κ1) is 105. The Hall–Kier alpha value is -2.46. The minimum absolute atomic E-state index is 0.0847. The third kappa shape index (κ3) is 77.3. The summed E-state index contributed by atoms with van der Waals surface area (Å²) < 4.78 is 68.9. The summed E-state index contributed by atoms with van der Waals surface area (Å²) in [5.74, 6) is 0.360. The molecule has 107 heavy (non-hydrogen) atoms. The van der Waals surface area contributed by atoms with Gasteiger partial charge in [-0.2, -0.15) is 0 Å². The highest BCUT2D eigenvalue weighted by Crippen LogP contribution is 2.45. The number of phosphoric ester groups is 2. The van der Waals surface area contributed by atoms with Crippen molar-refractivity contribution >= 4 is 39.5 Å². The third-order valence-electron chi connectivity index (χ3n) is 21.1. The van der Waals surface area contributed by atoms with Crippen molar-refractivity contribution in [3.05, 3.63) is 24.3 Å². The molecule has 0 saturated heterocycles. The lowest BCUT2D eigenvalue weighted by atomic mass is 9.99. The summed E-state index contributed by atoms with van der Waals surface area (Å²) in [6, 6.07) is 0. The van der Waals surface area contributed by atoms with Crippen molar-refractivity contribution in [3.63, 3.8) is 0 Å². The van der Waals surface area contributed by atoms with E-state index in [4.69, 9.17) is 37.0 Å². The molecule has 0 aromatic rings. The first-order valence-electron chi connectivity index (χ1n) is 44.8. The molecule has 17 nitrogen and oxygen atoms in total.